The van der Waals surface area contributed by atoms with Gasteiger partial charge in [0.15, 0.2) is 11.6 Å². The van der Waals surface area contributed by atoms with Gasteiger partial charge in [0.05, 0.1) is 6.61 Å². The molecule has 0 saturated heterocycles. The average Bonchev–Trinajstić information content (AvgIpc) is 2.99. The van der Waals surface area contributed by atoms with Crippen molar-refractivity contribution in [2.75, 3.05) is 19.4 Å². The average molecular weight is 378 g/mol. The number of fused-ring (bicyclic) bond motifs is 1. The molecule has 0 bridgehead atoms. The Balaban J connectivity index is 2.15. The van der Waals surface area contributed by atoms with Crippen molar-refractivity contribution in [3.05, 3.63) is 71.6 Å². The van der Waals surface area contributed by atoms with Gasteiger partial charge >= 0.3 is 0 Å². The second-order valence-corrected chi connectivity index (χ2v) is 7.57. The van der Waals surface area contributed by atoms with Gasteiger partial charge < -0.3 is 5.73 Å². The first-order valence-corrected chi connectivity index (χ1v) is 9.20. The summed E-state index contributed by atoms with van der Waals surface area (Å²) >= 11 is 0. The van der Waals surface area contributed by atoms with E-state index in [9.17, 15) is 4.79 Å². The van der Waals surface area contributed by atoms with Crippen molar-refractivity contribution < 1.29 is 9.63 Å². The van der Waals surface area contributed by atoms with Crippen molar-refractivity contribution >= 4 is 22.8 Å². The van der Waals surface area contributed by atoms with E-state index in [1.165, 1.54) is 0 Å². The molecule has 6 nitrogen and oxygen atoms in total. The topological polar surface area (TPSA) is 81.7 Å². The van der Waals surface area contributed by atoms with Crippen LogP contribution in [0.15, 0.2) is 54.7 Å². The molecular weight excluding hydrogens is 352 g/mol. The Morgan fingerprint density at radius 1 is 1.18 bits per heavy atom. The Bertz CT molecular complexity index is 1010. The van der Waals surface area contributed by atoms with Crippen LogP contribution in [0, 0.1) is 5.41 Å². The Morgan fingerprint density at radius 3 is 2.54 bits per heavy atom. The molecular formula is C22H26N4O2. The highest BCUT2D eigenvalue weighted by molar-refractivity contribution is 6.03. The summed E-state index contributed by atoms with van der Waals surface area (Å²) in [6.45, 7) is 6.03. The highest BCUT2D eigenvalue weighted by Gasteiger charge is 2.28. The highest BCUT2D eigenvalue weighted by Crippen LogP contribution is 2.28. The van der Waals surface area contributed by atoms with Crippen molar-refractivity contribution in [2.45, 2.75) is 20.8 Å². The minimum absolute atomic E-state index is 0.0431. The number of carbonyl (C=O) groups is 1. The van der Waals surface area contributed by atoms with Crippen LogP contribution in [0.3, 0.4) is 0 Å². The summed E-state index contributed by atoms with van der Waals surface area (Å²) in [5.41, 5.74) is 12.3. The smallest absolute Gasteiger partial charge is 0.188 e. The number of Topliss-reactive ketones (excluding diaryl/α,β-unsaturated/α-hetero) is 1. The predicted molar refractivity (Wildman–Crippen MR) is 112 cm³/mol. The zero-order valence-corrected chi connectivity index (χ0v) is 16.7. The molecule has 6 heteroatoms. The Kier molecular flexibility index (Phi) is 5.63. The SMILES string of the molecule is CNOC/C=C(\c1ccccc1)c1ccc2nc(N)c(C(=O)C(C)(C)C)n2c1. The third-order valence-corrected chi connectivity index (χ3v) is 4.45. The summed E-state index contributed by atoms with van der Waals surface area (Å²) in [4.78, 5) is 22.6. The fourth-order valence-corrected chi connectivity index (χ4v) is 3.03. The monoisotopic (exact) mass is 378 g/mol. The number of hydrogen-bond donors (Lipinski definition) is 2. The number of ketones is 1. The van der Waals surface area contributed by atoms with Crippen LogP contribution in [0.5, 0.6) is 0 Å². The number of rotatable bonds is 6. The van der Waals surface area contributed by atoms with E-state index in [1.54, 1.807) is 11.4 Å². The van der Waals surface area contributed by atoms with E-state index in [2.05, 4.69) is 10.5 Å². The van der Waals surface area contributed by atoms with Crippen molar-refractivity contribution in [2.24, 2.45) is 5.41 Å². The van der Waals surface area contributed by atoms with Crippen LogP contribution in [0.4, 0.5) is 5.82 Å². The largest absolute Gasteiger partial charge is 0.382 e. The molecule has 0 aliphatic heterocycles. The van der Waals surface area contributed by atoms with Gasteiger partial charge in [0.1, 0.15) is 11.3 Å². The lowest BCUT2D eigenvalue weighted by molar-refractivity contribution is 0.0813. The third kappa shape index (κ3) is 3.98. The molecule has 2 heterocycles. The van der Waals surface area contributed by atoms with Gasteiger partial charge in [-0.15, -0.1) is 0 Å². The van der Waals surface area contributed by atoms with Crippen LogP contribution in [0.2, 0.25) is 0 Å². The van der Waals surface area contributed by atoms with Crippen LogP contribution >= 0.6 is 0 Å². The van der Waals surface area contributed by atoms with Gasteiger partial charge in [-0.1, -0.05) is 51.1 Å². The normalized spacial score (nSPS) is 12.5. The quantitative estimate of drug-likeness (QED) is 0.388. The zero-order valence-electron chi connectivity index (χ0n) is 16.7. The van der Waals surface area contributed by atoms with Gasteiger partial charge in [-0.3, -0.25) is 14.0 Å². The molecule has 2 aromatic heterocycles. The standard InChI is InChI=1S/C22H26N4O2/c1-22(2,3)20(27)19-21(23)25-18-11-10-16(14-26(18)19)17(12-13-28-24-4)15-8-6-5-7-9-15/h5-12,14,24H,13,23H2,1-4H3/b17-12+. The molecule has 0 atom stereocenters. The second kappa shape index (κ2) is 7.96. The van der Waals surface area contributed by atoms with E-state index < -0.39 is 5.41 Å². The van der Waals surface area contributed by atoms with Crippen molar-refractivity contribution in [1.82, 2.24) is 14.9 Å². The molecule has 28 heavy (non-hydrogen) atoms. The Hall–Kier alpha value is -2.96. The first-order chi connectivity index (χ1) is 13.3. The maximum absolute atomic E-state index is 12.9. The number of carbonyl (C=O) groups excluding carboxylic acids is 1. The summed E-state index contributed by atoms with van der Waals surface area (Å²) in [5, 5.41) is 0. The van der Waals surface area contributed by atoms with E-state index in [0.29, 0.717) is 17.9 Å². The van der Waals surface area contributed by atoms with Gasteiger partial charge in [0, 0.05) is 18.7 Å². The molecule has 0 fully saturated rings. The van der Waals surface area contributed by atoms with E-state index >= 15 is 0 Å². The number of benzene rings is 1. The zero-order chi connectivity index (χ0) is 20.3. The molecule has 3 aromatic rings. The van der Waals surface area contributed by atoms with Crippen molar-refractivity contribution in [3.8, 4) is 0 Å². The fraction of sp³-hybridized carbons (Fsp3) is 0.273. The number of nitrogen functional groups attached to an aromatic ring is 1. The number of anilines is 1. The Morgan fingerprint density at radius 2 is 1.89 bits per heavy atom. The minimum atomic E-state index is -0.557. The van der Waals surface area contributed by atoms with Crippen molar-refractivity contribution in [3.63, 3.8) is 0 Å². The third-order valence-electron chi connectivity index (χ3n) is 4.45. The number of hydrogen-bond acceptors (Lipinski definition) is 5. The van der Waals surface area contributed by atoms with Gasteiger partial charge in [-0.2, -0.15) is 0 Å². The van der Waals surface area contributed by atoms with Crippen LogP contribution < -0.4 is 11.2 Å². The molecule has 1 aromatic carbocycles. The van der Waals surface area contributed by atoms with Crippen LogP contribution in [0.25, 0.3) is 11.2 Å². The fourth-order valence-electron chi connectivity index (χ4n) is 3.03. The second-order valence-electron chi connectivity index (χ2n) is 7.57. The number of nitrogens with two attached hydrogens (primary N) is 1. The van der Waals surface area contributed by atoms with Crippen molar-refractivity contribution in [1.29, 1.82) is 0 Å². The lowest BCUT2D eigenvalue weighted by Crippen LogP contribution is -2.23. The molecule has 0 aliphatic carbocycles. The lowest BCUT2D eigenvalue weighted by atomic mass is 9.89. The lowest BCUT2D eigenvalue weighted by Gasteiger charge is -2.17. The van der Waals surface area contributed by atoms with Crippen LogP contribution in [-0.2, 0) is 4.84 Å². The molecule has 0 unspecified atom stereocenters. The maximum Gasteiger partial charge on any atom is 0.188 e. The predicted octanol–water partition coefficient (Wildman–Crippen LogP) is 3.73. The first-order valence-electron chi connectivity index (χ1n) is 9.20. The first kappa shape index (κ1) is 19.8. The summed E-state index contributed by atoms with van der Waals surface area (Å²) < 4.78 is 1.79. The molecule has 0 spiro atoms. The highest BCUT2D eigenvalue weighted by atomic mass is 16.6. The number of aromatic nitrogens is 2. The van der Waals surface area contributed by atoms with Crippen LogP contribution in [0.1, 0.15) is 42.4 Å². The minimum Gasteiger partial charge on any atom is -0.382 e. The summed E-state index contributed by atoms with van der Waals surface area (Å²) in [7, 11) is 1.72. The van der Waals surface area contributed by atoms with E-state index in [4.69, 9.17) is 10.6 Å². The molecule has 3 N–H and O–H groups in total. The molecule has 0 aliphatic rings. The number of nitrogens with one attached hydrogen (secondary N) is 1. The molecule has 3 rings (SSSR count). The molecule has 0 saturated carbocycles. The Labute approximate surface area is 165 Å². The molecule has 146 valence electrons. The van der Waals surface area contributed by atoms with Crippen LogP contribution in [-0.4, -0.2) is 28.8 Å². The van der Waals surface area contributed by atoms with E-state index in [1.807, 2.05) is 75.5 Å². The summed E-state index contributed by atoms with van der Waals surface area (Å²) in [6, 6.07) is 13.9. The number of hydroxylamine groups is 1. The number of pyridine rings is 1. The number of imidazole rings is 1. The molecule has 0 amide bonds. The van der Waals surface area contributed by atoms with Gasteiger partial charge in [-0.25, -0.2) is 10.5 Å². The van der Waals surface area contributed by atoms with E-state index in [-0.39, 0.29) is 11.6 Å². The van der Waals surface area contributed by atoms with E-state index in [0.717, 1.165) is 16.7 Å². The van der Waals surface area contributed by atoms with Gasteiger partial charge in [0.2, 0.25) is 0 Å². The van der Waals surface area contributed by atoms with Gasteiger partial charge in [0.25, 0.3) is 0 Å². The van der Waals surface area contributed by atoms with Gasteiger partial charge in [-0.05, 0) is 34.9 Å². The molecule has 0 radical (unpaired) electrons. The number of nitrogens with zero attached hydrogens (tertiary/aromatic N) is 2. The maximum atomic E-state index is 12.9. The summed E-state index contributed by atoms with van der Waals surface area (Å²) in [5.74, 6) is 0.208. The summed E-state index contributed by atoms with van der Waals surface area (Å²) in [6.07, 6.45) is 3.91.